The van der Waals surface area contributed by atoms with E-state index in [1.165, 1.54) is 16.7 Å². The molecule has 0 heterocycles. The molecule has 1 aromatic rings. The highest BCUT2D eigenvalue weighted by atomic mass is 16.5. The number of nitrogens with one attached hydrogen (secondary N) is 2. The van der Waals surface area contributed by atoms with E-state index in [2.05, 4.69) is 43.5 Å². The van der Waals surface area contributed by atoms with E-state index >= 15 is 0 Å². The van der Waals surface area contributed by atoms with Crippen LogP contribution in [0.3, 0.4) is 0 Å². The van der Waals surface area contributed by atoms with Gasteiger partial charge in [0.1, 0.15) is 5.75 Å². The Hall–Kier alpha value is -1.06. The van der Waals surface area contributed by atoms with Crippen LogP contribution < -0.4 is 15.4 Å². The molecule has 17 heavy (non-hydrogen) atoms. The van der Waals surface area contributed by atoms with E-state index in [1.54, 1.807) is 7.11 Å². The third-order valence-corrected chi connectivity index (χ3v) is 2.83. The second-order valence-electron chi connectivity index (χ2n) is 4.29. The number of likely N-dealkylation sites (N-methyl/N-ethyl adjacent to an activating group) is 1. The summed E-state index contributed by atoms with van der Waals surface area (Å²) in [6.07, 6.45) is 0. The van der Waals surface area contributed by atoms with Gasteiger partial charge in [0.15, 0.2) is 0 Å². The van der Waals surface area contributed by atoms with Crippen LogP contribution in [0.2, 0.25) is 0 Å². The van der Waals surface area contributed by atoms with Gasteiger partial charge in [0.25, 0.3) is 0 Å². The Bertz CT molecular complexity index is 350. The highest BCUT2D eigenvalue weighted by Gasteiger charge is 2.06. The lowest BCUT2D eigenvalue weighted by Gasteiger charge is -2.14. The van der Waals surface area contributed by atoms with Crippen LogP contribution in [-0.2, 0) is 6.54 Å². The van der Waals surface area contributed by atoms with E-state index in [9.17, 15) is 0 Å². The van der Waals surface area contributed by atoms with E-state index in [0.29, 0.717) is 0 Å². The Kier molecular flexibility index (Phi) is 6.01. The lowest BCUT2D eigenvalue weighted by Crippen LogP contribution is -2.27. The molecule has 0 unspecified atom stereocenters. The first-order valence-electron chi connectivity index (χ1n) is 6.24. The Morgan fingerprint density at radius 3 is 2.47 bits per heavy atom. The Morgan fingerprint density at radius 1 is 1.12 bits per heavy atom. The molecule has 0 saturated carbocycles. The summed E-state index contributed by atoms with van der Waals surface area (Å²) in [5.74, 6) is 0.985. The van der Waals surface area contributed by atoms with Crippen molar-refractivity contribution in [1.82, 2.24) is 10.6 Å². The summed E-state index contributed by atoms with van der Waals surface area (Å²) in [5.41, 5.74) is 3.79. The standard InChI is InChI=1S/C14H24N2O/c1-5-15-6-7-16-10-13-12(3)8-11(2)9-14(13)17-4/h8-9,15-16H,5-7,10H2,1-4H3. The number of rotatable bonds is 7. The Morgan fingerprint density at radius 2 is 1.82 bits per heavy atom. The van der Waals surface area contributed by atoms with Crippen LogP contribution in [0.15, 0.2) is 12.1 Å². The van der Waals surface area contributed by atoms with Gasteiger partial charge in [0.2, 0.25) is 0 Å². The van der Waals surface area contributed by atoms with Crippen molar-refractivity contribution in [2.24, 2.45) is 0 Å². The number of hydrogen-bond acceptors (Lipinski definition) is 3. The van der Waals surface area contributed by atoms with Crippen molar-refractivity contribution < 1.29 is 4.74 Å². The average molecular weight is 236 g/mol. The zero-order valence-electron chi connectivity index (χ0n) is 11.4. The zero-order chi connectivity index (χ0) is 12.7. The fourth-order valence-electron chi connectivity index (χ4n) is 1.93. The van der Waals surface area contributed by atoms with Gasteiger partial charge in [-0.1, -0.05) is 13.0 Å². The maximum Gasteiger partial charge on any atom is 0.123 e. The Labute approximate surface area is 105 Å². The van der Waals surface area contributed by atoms with E-state index in [4.69, 9.17) is 4.74 Å². The lowest BCUT2D eigenvalue weighted by atomic mass is 10.0. The minimum Gasteiger partial charge on any atom is -0.496 e. The third-order valence-electron chi connectivity index (χ3n) is 2.83. The molecule has 0 atom stereocenters. The smallest absolute Gasteiger partial charge is 0.123 e. The van der Waals surface area contributed by atoms with Gasteiger partial charge in [-0.15, -0.1) is 0 Å². The van der Waals surface area contributed by atoms with Crippen LogP contribution in [0.1, 0.15) is 23.6 Å². The molecule has 3 heteroatoms. The molecule has 0 amide bonds. The molecule has 0 aliphatic heterocycles. The quantitative estimate of drug-likeness (QED) is 0.711. The molecule has 0 radical (unpaired) electrons. The van der Waals surface area contributed by atoms with Crippen molar-refractivity contribution in [2.75, 3.05) is 26.7 Å². The first-order chi connectivity index (χ1) is 8.19. The highest BCUT2D eigenvalue weighted by molar-refractivity contribution is 5.42. The summed E-state index contributed by atoms with van der Waals surface area (Å²) in [6.45, 7) is 10.2. The molecular weight excluding hydrogens is 212 g/mol. The normalized spacial score (nSPS) is 10.6. The fraction of sp³-hybridized carbons (Fsp3) is 0.571. The number of benzene rings is 1. The topological polar surface area (TPSA) is 33.3 Å². The van der Waals surface area contributed by atoms with Crippen LogP contribution in [0.25, 0.3) is 0 Å². The molecule has 0 spiro atoms. The SMILES string of the molecule is CCNCCNCc1c(C)cc(C)cc1OC. The van der Waals surface area contributed by atoms with Crippen LogP contribution in [-0.4, -0.2) is 26.7 Å². The van der Waals surface area contributed by atoms with Gasteiger partial charge in [0.05, 0.1) is 7.11 Å². The molecule has 0 saturated heterocycles. The number of hydrogen-bond donors (Lipinski definition) is 2. The summed E-state index contributed by atoms with van der Waals surface area (Å²) in [4.78, 5) is 0. The second-order valence-corrected chi connectivity index (χ2v) is 4.29. The summed E-state index contributed by atoms with van der Waals surface area (Å²) >= 11 is 0. The molecule has 0 fully saturated rings. The molecule has 96 valence electrons. The summed E-state index contributed by atoms with van der Waals surface area (Å²) in [6, 6.07) is 4.29. The van der Waals surface area contributed by atoms with Crippen molar-refractivity contribution in [3.05, 3.63) is 28.8 Å². The summed E-state index contributed by atoms with van der Waals surface area (Å²) in [5, 5.41) is 6.72. The zero-order valence-corrected chi connectivity index (χ0v) is 11.4. The molecule has 2 N–H and O–H groups in total. The van der Waals surface area contributed by atoms with Gasteiger partial charge in [-0.2, -0.15) is 0 Å². The van der Waals surface area contributed by atoms with Gasteiger partial charge in [0, 0.05) is 25.2 Å². The largest absolute Gasteiger partial charge is 0.496 e. The predicted molar refractivity (Wildman–Crippen MR) is 72.7 cm³/mol. The molecule has 0 aliphatic carbocycles. The van der Waals surface area contributed by atoms with Crippen LogP contribution in [0.5, 0.6) is 5.75 Å². The summed E-state index contributed by atoms with van der Waals surface area (Å²) in [7, 11) is 1.73. The average Bonchev–Trinajstić information content (AvgIpc) is 2.30. The van der Waals surface area contributed by atoms with E-state index in [0.717, 1.165) is 31.9 Å². The molecule has 1 rings (SSSR count). The first-order valence-corrected chi connectivity index (χ1v) is 6.24. The van der Waals surface area contributed by atoms with Crippen LogP contribution in [0, 0.1) is 13.8 Å². The molecule has 3 nitrogen and oxygen atoms in total. The second kappa shape index (κ2) is 7.30. The van der Waals surface area contributed by atoms with Gasteiger partial charge >= 0.3 is 0 Å². The predicted octanol–water partition coefficient (Wildman–Crippen LogP) is 2.01. The van der Waals surface area contributed by atoms with Crippen molar-refractivity contribution in [3.63, 3.8) is 0 Å². The number of aryl methyl sites for hydroxylation is 2. The van der Waals surface area contributed by atoms with Gasteiger partial charge in [-0.05, 0) is 37.6 Å². The van der Waals surface area contributed by atoms with E-state index in [-0.39, 0.29) is 0 Å². The Balaban J connectivity index is 2.57. The molecule has 0 aliphatic rings. The molecule has 1 aromatic carbocycles. The number of ether oxygens (including phenoxy) is 1. The van der Waals surface area contributed by atoms with Crippen molar-refractivity contribution in [1.29, 1.82) is 0 Å². The maximum absolute atomic E-state index is 5.43. The van der Waals surface area contributed by atoms with Gasteiger partial charge in [-0.25, -0.2) is 0 Å². The third kappa shape index (κ3) is 4.36. The lowest BCUT2D eigenvalue weighted by molar-refractivity contribution is 0.406. The van der Waals surface area contributed by atoms with E-state index in [1.807, 2.05) is 0 Å². The highest BCUT2D eigenvalue weighted by Crippen LogP contribution is 2.23. The molecule has 0 aromatic heterocycles. The van der Waals surface area contributed by atoms with Crippen LogP contribution in [0.4, 0.5) is 0 Å². The van der Waals surface area contributed by atoms with Gasteiger partial charge in [-0.3, -0.25) is 0 Å². The monoisotopic (exact) mass is 236 g/mol. The fourth-order valence-corrected chi connectivity index (χ4v) is 1.93. The van der Waals surface area contributed by atoms with Gasteiger partial charge < -0.3 is 15.4 Å². The maximum atomic E-state index is 5.43. The summed E-state index contributed by atoms with van der Waals surface area (Å²) < 4.78 is 5.43. The minimum atomic E-state index is 0.862. The van der Waals surface area contributed by atoms with Crippen molar-refractivity contribution in [3.8, 4) is 5.75 Å². The van der Waals surface area contributed by atoms with Crippen molar-refractivity contribution >= 4 is 0 Å². The van der Waals surface area contributed by atoms with Crippen molar-refractivity contribution in [2.45, 2.75) is 27.3 Å². The van der Waals surface area contributed by atoms with E-state index < -0.39 is 0 Å². The first kappa shape index (κ1) is 14.0. The molecular formula is C14H24N2O. The molecule has 0 bridgehead atoms. The van der Waals surface area contributed by atoms with Crippen LogP contribution >= 0.6 is 0 Å². The number of methoxy groups -OCH3 is 1. The minimum absolute atomic E-state index is 0.862.